The highest BCUT2D eigenvalue weighted by molar-refractivity contribution is 5.98. The number of rotatable bonds is 4. The SMILES string of the molecule is COc1ccc(N)cc1C(=O)NC1(CO)CC1. The van der Waals surface area contributed by atoms with Gasteiger partial charge in [0, 0.05) is 5.69 Å². The molecule has 17 heavy (non-hydrogen) atoms. The van der Waals surface area contributed by atoms with Gasteiger partial charge in [-0.2, -0.15) is 0 Å². The van der Waals surface area contributed by atoms with Crippen LogP contribution in [0.5, 0.6) is 5.75 Å². The lowest BCUT2D eigenvalue weighted by Gasteiger charge is -2.16. The van der Waals surface area contributed by atoms with Gasteiger partial charge in [-0.25, -0.2) is 0 Å². The van der Waals surface area contributed by atoms with Gasteiger partial charge in [0.05, 0.1) is 24.8 Å². The van der Waals surface area contributed by atoms with Crippen LogP contribution >= 0.6 is 0 Å². The predicted molar refractivity (Wildman–Crippen MR) is 63.9 cm³/mol. The molecule has 1 fully saturated rings. The van der Waals surface area contributed by atoms with E-state index >= 15 is 0 Å². The largest absolute Gasteiger partial charge is 0.496 e. The molecule has 1 amide bonds. The van der Waals surface area contributed by atoms with Crippen molar-refractivity contribution in [2.45, 2.75) is 18.4 Å². The molecular formula is C12H16N2O3. The Balaban J connectivity index is 2.21. The standard InChI is InChI=1S/C12H16N2O3/c1-17-10-3-2-8(13)6-9(10)11(16)14-12(7-15)4-5-12/h2-3,6,15H,4-5,7,13H2,1H3,(H,14,16). The van der Waals surface area contributed by atoms with E-state index in [0.29, 0.717) is 17.0 Å². The first-order chi connectivity index (χ1) is 8.10. The second-order valence-electron chi connectivity index (χ2n) is 4.35. The van der Waals surface area contributed by atoms with Crippen molar-refractivity contribution in [1.82, 2.24) is 5.32 Å². The Kier molecular flexibility index (Phi) is 2.93. The zero-order valence-electron chi connectivity index (χ0n) is 9.69. The van der Waals surface area contributed by atoms with Gasteiger partial charge in [-0.05, 0) is 31.0 Å². The van der Waals surface area contributed by atoms with Crippen LogP contribution in [0.25, 0.3) is 0 Å². The molecule has 1 aliphatic carbocycles. The van der Waals surface area contributed by atoms with Gasteiger partial charge in [0.1, 0.15) is 5.75 Å². The lowest BCUT2D eigenvalue weighted by atomic mass is 10.1. The van der Waals surface area contributed by atoms with Gasteiger partial charge in [0.15, 0.2) is 0 Å². The van der Waals surface area contributed by atoms with E-state index < -0.39 is 5.54 Å². The summed E-state index contributed by atoms with van der Waals surface area (Å²) in [6.45, 7) is -0.0383. The van der Waals surface area contributed by atoms with Crippen LogP contribution in [-0.4, -0.2) is 30.3 Å². The first-order valence-corrected chi connectivity index (χ1v) is 5.47. The van der Waals surface area contributed by atoms with Crippen LogP contribution < -0.4 is 15.8 Å². The quantitative estimate of drug-likeness (QED) is 0.666. The molecule has 2 rings (SSSR count). The summed E-state index contributed by atoms with van der Waals surface area (Å²) in [4.78, 5) is 12.0. The maximum Gasteiger partial charge on any atom is 0.255 e. The van der Waals surface area contributed by atoms with Gasteiger partial charge in [-0.1, -0.05) is 0 Å². The Bertz CT molecular complexity index is 441. The number of anilines is 1. The van der Waals surface area contributed by atoms with Crippen molar-refractivity contribution >= 4 is 11.6 Å². The van der Waals surface area contributed by atoms with Crippen LogP contribution in [-0.2, 0) is 0 Å². The van der Waals surface area contributed by atoms with Crippen LogP contribution in [0, 0.1) is 0 Å². The van der Waals surface area contributed by atoms with Crippen LogP contribution in [0.15, 0.2) is 18.2 Å². The van der Waals surface area contributed by atoms with E-state index in [1.807, 2.05) is 0 Å². The Hall–Kier alpha value is -1.75. The van der Waals surface area contributed by atoms with Gasteiger partial charge in [-0.3, -0.25) is 4.79 Å². The van der Waals surface area contributed by atoms with E-state index in [4.69, 9.17) is 15.6 Å². The fourth-order valence-electron chi connectivity index (χ4n) is 1.68. The number of aliphatic hydroxyl groups is 1. The lowest BCUT2D eigenvalue weighted by molar-refractivity contribution is 0.0904. The van der Waals surface area contributed by atoms with E-state index in [-0.39, 0.29) is 12.5 Å². The molecule has 0 bridgehead atoms. The Morgan fingerprint density at radius 3 is 2.82 bits per heavy atom. The van der Waals surface area contributed by atoms with Gasteiger partial charge in [0.25, 0.3) is 5.91 Å². The zero-order chi connectivity index (χ0) is 12.5. The van der Waals surface area contributed by atoms with E-state index in [0.717, 1.165) is 12.8 Å². The molecule has 0 saturated heterocycles. The number of hydrogen-bond acceptors (Lipinski definition) is 4. The second kappa shape index (κ2) is 4.25. The number of carbonyl (C=O) groups excluding carboxylic acids is 1. The minimum absolute atomic E-state index is 0.0383. The monoisotopic (exact) mass is 236 g/mol. The topological polar surface area (TPSA) is 84.6 Å². The maximum absolute atomic E-state index is 12.0. The number of methoxy groups -OCH3 is 1. The molecule has 0 atom stereocenters. The van der Waals surface area contributed by atoms with Crippen molar-refractivity contribution < 1.29 is 14.6 Å². The number of benzene rings is 1. The number of carbonyl (C=O) groups is 1. The average Bonchev–Trinajstić information content (AvgIpc) is 3.09. The molecule has 0 spiro atoms. The summed E-state index contributed by atoms with van der Waals surface area (Å²) in [5.74, 6) is 0.214. The summed E-state index contributed by atoms with van der Waals surface area (Å²) in [7, 11) is 1.50. The highest BCUT2D eigenvalue weighted by Gasteiger charge is 2.43. The van der Waals surface area contributed by atoms with Crippen molar-refractivity contribution in [1.29, 1.82) is 0 Å². The summed E-state index contributed by atoms with van der Waals surface area (Å²) in [5.41, 5.74) is 6.11. The molecule has 1 saturated carbocycles. The Labute approximate surface area is 99.6 Å². The molecule has 1 aromatic carbocycles. The second-order valence-corrected chi connectivity index (χ2v) is 4.35. The fourth-order valence-corrected chi connectivity index (χ4v) is 1.68. The van der Waals surface area contributed by atoms with Crippen LogP contribution in [0.3, 0.4) is 0 Å². The molecule has 0 heterocycles. The summed E-state index contributed by atoms with van der Waals surface area (Å²) in [6.07, 6.45) is 1.61. The molecule has 0 radical (unpaired) electrons. The zero-order valence-corrected chi connectivity index (χ0v) is 9.69. The van der Waals surface area contributed by atoms with Gasteiger partial charge in [-0.15, -0.1) is 0 Å². The van der Waals surface area contributed by atoms with E-state index in [9.17, 15) is 4.79 Å². The molecule has 92 valence electrons. The minimum Gasteiger partial charge on any atom is -0.496 e. The summed E-state index contributed by atoms with van der Waals surface area (Å²) in [5, 5.41) is 12.0. The minimum atomic E-state index is -0.438. The summed E-state index contributed by atoms with van der Waals surface area (Å²) >= 11 is 0. The van der Waals surface area contributed by atoms with Crippen LogP contribution in [0.1, 0.15) is 23.2 Å². The molecule has 5 heteroatoms. The number of aliphatic hydroxyl groups excluding tert-OH is 1. The molecule has 4 N–H and O–H groups in total. The Morgan fingerprint density at radius 1 is 1.59 bits per heavy atom. The van der Waals surface area contributed by atoms with Crippen LogP contribution in [0.2, 0.25) is 0 Å². The molecule has 0 aliphatic heterocycles. The van der Waals surface area contributed by atoms with E-state index in [1.54, 1.807) is 18.2 Å². The van der Waals surface area contributed by atoms with Gasteiger partial charge >= 0.3 is 0 Å². The van der Waals surface area contributed by atoms with Crippen molar-refractivity contribution in [2.75, 3.05) is 19.5 Å². The molecule has 0 aromatic heterocycles. The van der Waals surface area contributed by atoms with E-state index in [2.05, 4.69) is 5.32 Å². The molecule has 5 nitrogen and oxygen atoms in total. The van der Waals surface area contributed by atoms with Crippen LogP contribution in [0.4, 0.5) is 5.69 Å². The number of nitrogens with two attached hydrogens (primary N) is 1. The highest BCUT2D eigenvalue weighted by atomic mass is 16.5. The fraction of sp³-hybridized carbons (Fsp3) is 0.417. The number of hydrogen-bond donors (Lipinski definition) is 3. The maximum atomic E-state index is 12.0. The van der Waals surface area contributed by atoms with Crippen molar-refractivity contribution in [2.24, 2.45) is 0 Å². The normalized spacial score (nSPS) is 16.4. The third-order valence-electron chi connectivity index (χ3n) is 3.00. The first-order valence-electron chi connectivity index (χ1n) is 5.47. The molecule has 1 aromatic rings. The van der Waals surface area contributed by atoms with Crippen molar-refractivity contribution in [3.63, 3.8) is 0 Å². The average molecular weight is 236 g/mol. The third-order valence-corrected chi connectivity index (χ3v) is 3.00. The number of ether oxygens (including phenoxy) is 1. The number of nitrogens with one attached hydrogen (secondary N) is 1. The number of amides is 1. The van der Waals surface area contributed by atoms with Crippen molar-refractivity contribution in [3.8, 4) is 5.75 Å². The molecular weight excluding hydrogens is 220 g/mol. The highest BCUT2D eigenvalue weighted by Crippen LogP contribution is 2.35. The molecule has 0 unspecified atom stereocenters. The van der Waals surface area contributed by atoms with Gasteiger partial charge < -0.3 is 20.9 Å². The molecule has 1 aliphatic rings. The number of nitrogen functional groups attached to an aromatic ring is 1. The van der Waals surface area contributed by atoms with Crippen molar-refractivity contribution in [3.05, 3.63) is 23.8 Å². The summed E-state index contributed by atoms with van der Waals surface area (Å²) in [6, 6.07) is 4.90. The Morgan fingerprint density at radius 2 is 2.29 bits per heavy atom. The lowest BCUT2D eigenvalue weighted by Crippen LogP contribution is -2.39. The predicted octanol–water partition coefficient (Wildman–Crippen LogP) is 0.532. The van der Waals surface area contributed by atoms with E-state index in [1.165, 1.54) is 7.11 Å². The third kappa shape index (κ3) is 2.34. The van der Waals surface area contributed by atoms with Gasteiger partial charge in [0.2, 0.25) is 0 Å². The summed E-state index contributed by atoms with van der Waals surface area (Å²) < 4.78 is 5.11. The first kappa shape index (κ1) is 11.7. The smallest absolute Gasteiger partial charge is 0.255 e.